The number of rotatable bonds is 6. The summed E-state index contributed by atoms with van der Waals surface area (Å²) in [5.41, 5.74) is -0.610. The molecule has 2 aliphatic rings. The number of fused-ring (bicyclic) bond motifs is 1. The van der Waals surface area contributed by atoms with Gasteiger partial charge in [0.25, 0.3) is 5.91 Å². The lowest BCUT2D eigenvalue weighted by atomic mass is 9.86. The lowest BCUT2D eigenvalue weighted by molar-refractivity contribution is 0.0997. The van der Waals surface area contributed by atoms with Crippen LogP contribution in [0.2, 0.25) is 0 Å². The molecular formula is C28H29F2N5O3. The summed E-state index contributed by atoms with van der Waals surface area (Å²) >= 11 is 0. The molecule has 1 saturated carbocycles. The summed E-state index contributed by atoms with van der Waals surface area (Å²) in [5.74, 6) is -1.17. The van der Waals surface area contributed by atoms with Crippen molar-refractivity contribution in [3.8, 4) is 17.5 Å². The summed E-state index contributed by atoms with van der Waals surface area (Å²) in [6.07, 6.45) is 7.47. The van der Waals surface area contributed by atoms with Crippen LogP contribution < -0.4 is 15.7 Å². The smallest absolute Gasteiger partial charge is 0.350 e. The predicted octanol–water partition coefficient (Wildman–Crippen LogP) is 5.12. The third-order valence-corrected chi connectivity index (χ3v) is 7.47. The summed E-state index contributed by atoms with van der Waals surface area (Å²) < 4.78 is 37.9. The zero-order valence-corrected chi connectivity index (χ0v) is 21.2. The Morgan fingerprint density at radius 3 is 2.68 bits per heavy atom. The number of aromatic nitrogens is 3. The van der Waals surface area contributed by atoms with Crippen molar-refractivity contribution < 1.29 is 18.3 Å². The van der Waals surface area contributed by atoms with Crippen LogP contribution in [0.4, 0.5) is 14.5 Å². The standard InChI is InChI=1S/C28H29F2N5O3/c1-17(18-7-3-2-4-8-18)38-25-15-24(35-28(37)34-12-6-5-9-26(34)33-35)22(30)14-21(25)27(36)32-23-11-10-20(29)13-19(23)16-31/h10-11,13-15,17-18H,2-9,12H2,1H3,(H,32,36). The number of hydrogen-bond donors (Lipinski definition) is 1. The number of nitrogens with one attached hydrogen (secondary N) is 1. The number of nitriles is 1. The number of carbonyl (C=O) groups is 1. The fourth-order valence-corrected chi connectivity index (χ4v) is 5.34. The van der Waals surface area contributed by atoms with Gasteiger partial charge >= 0.3 is 5.69 Å². The molecule has 3 aromatic rings. The Bertz CT molecular complexity index is 1470. The van der Waals surface area contributed by atoms with Gasteiger partial charge in [0.05, 0.1) is 22.9 Å². The van der Waals surface area contributed by atoms with E-state index in [0.29, 0.717) is 18.8 Å². The van der Waals surface area contributed by atoms with Crippen molar-refractivity contribution in [1.29, 1.82) is 5.26 Å². The Morgan fingerprint density at radius 2 is 1.95 bits per heavy atom. The maximum atomic E-state index is 15.5. The second-order valence-corrected chi connectivity index (χ2v) is 10.00. The Balaban J connectivity index is 1.54. The molecule has 0 saturated heterocycles. The van der Waals surface area contributed by atoms with Crippen molar-refractivity contribution in [2.45, 2.75) is 70.9 Å². The molecule has 2 aromatic carbocycles. The molecule has 0 spiro atoms. The molecule has 1 N–H and O–H groups in total. The van der Waals surface area contributed by atoms with Gasteiger partial charge in [-0.2, -0.15) is 9.94 Å². The molecule has 8 nitrogen and oxygen atoms in total. The third kappa shape index (κ3) is 5.05. The molecule has 10 heteroatoms. The van der Waals surface area contributed by atoms with Crippen LogP contribution in [0.3, 0.4) is 0 Å². The maximum Gasteiger partial charge on any atom is 0.350 e. The summed E-state index contributed by atoms with van der Waals surface area (Å²) in [4.78, 5) is 26.3. The molecule has 5 rings (SSSR count). The molecule has 1 atom stereocenters. The topological polar surface area (TPSA) is 102 Å². The highest BCUT2D eigenvalue weighted by atomic mass is 19.1. The van der Waals surface area contributed by atoms with Crippen molar-refractivity contribution in [2.24, 2.45) is 5.92 Å². The average molecular weight is 522 g/mol. The van der Waals surface area contributed by atoms with Crippen molar-refractivity contribution in [1.82, 2.24) is 14.3 Å². The van der Waals surface area contributed by atoms with Crippen LogP contribution >= 0.6 is 0 Å². The van der Waals surface area contributed by atoms with Gasteiger partial charge in [-0.1, -0.05) is 19.3 Å². The second kappa shape index (κ2) is 10.8. The third-order valence-electron chi connectivity index (χ3n) is 7.47. The van der Waals surface area contributed by atoms with Crippen molar-refractivity contribution in [3.05, 3.63) is 69.4 Å². The van der Waals surface area contributed by atoms with Crippen LogP contribution in [0.1, 0.15) is 73.6 Å². The van der Waals surface area contributed by atoms with Crippen molar-refractivity contribution in [3.63, 3.8) is 0 Å². The molecule has 38 heavy (non-hydrogen) atoms. The lowest BCUT2D eigenvalue weighted by Gasteiger charge is -2.29. The van der Waals surface area contributed by atoms with Crippen molar-refractivity contribution in [2.75, 3.05) is 5.32 Å². The fraction of sp³-hybridized carbons (Fsp3) is 0.429. The Hall–Kier alpha value is -4.00. The van der Waals surface area contributed by atoms with E-state index in [1.54, 1.807) is 4.57 Å². The summed E-state index contributed by atoms with van der Waals surface area (Å²) in [6, 6.07) is 7.62. The minimum absolute atomic E-state index is 0.0661. The largest absolute Gasteiger partial charge is 0.490 e. The van der Waals surface area contributed by atoms with Crippen LogP contribution in [0.15, 0.2) is 35.1 Å². The SMILES string of the molecule is CC(Oc1cc(-n2nc3n(c2=O)CCCC3)c(F)cc1C(=O)Nc1ccc(F)cc1C#N)C1CCCCC1. The van der Waals surface area contributed by atoms with E-state index in [4.69, 9.17) is 4.74 Å². The average Bonchev–Trinajstić information content (AvgIpc) is 3.26. The van der Waals surface area contributed by atoms with Gasteiger partial charge in [-0.05, 0) is 62.8 Å². The number of carbonyl (C=O) groups excluding carboxylic acids is 1. The first kappa shape index (κ1) is 25.6. The molecule has 1 unspecified atom stereocenters. The van der Waals surface area contributed by atoms with E-state index in [-0.39, 0.29) is 40.3 Å². The lowest BCUT2D eigenvalue weighted by Crippen LogP contribution is -2.28. The zero-order chi connectivity index (χ0) is 26.8. The fourth-order valence-electron chi connectivity index (χ4n) is 5.34. The van der Waals surface area contributed by atoms with Gasteiger partial charge < -0.3 is 10.1 Å². The molecule has 0 bridgehead atoms. The highest BCUT2D eigenvalue weighted by Gasteiger charge is 2.27. The van der Waals surface area contributed by atoms with Crippen LogP contribution in [-0.4, -0.2) is 26.4 Å². The van der Waals surface area contributed by atoms with E-state index >= 15 is 4.39 Å². The van der Waals surface area contributed by atoms with E-state index in [2.05, 4.69) is 10.4 Å². The van der Waals surface area contributed by atoms with Crippen LogP contribution in [-0.2, 0) is 13.0 Å². The molecular weight excluding hydrogens is 492 g/mol. The highest BCUT2D eigenvalue weighted by molar-refractivity contribution is 6.07. The number of aryl methyl sites for hydroxylation is 1. The summed E-state index contributed by atoms with van der Waals surface area (Å²) in [7, 11) is 0. The van der Waals surface area contributed by atoms with Gasteiger partial charge in [0.15, 0.2) is 0 Å². The minimum atomic E-state index is -0.815. The Morgan fingerprint density at radius 1 is 1.16 bits per heavy atom. The Labute approximate surface area is 218 Å². The number of nitrogens with zero attached hydrogens (tertiary/aromatic N) is 4. The number of benzene rings is 2. The van der Waals surface area contributed by atoms with Crippen LogP contribution in [0, 0.1) is 28.9 Å². The Kier molecular flexibility index (Phi) is 7.27. The molecule has 198 valence electrons. The molecule has 1 aliphatic heterocycles. The predicted molar refractivity (Wildman–Crippen MR) is 136 cm³/mol. The van der Waals surface area contributed by atoms with E-state index in [9.17, 15) is 19.2 Å². The van der Waals surface area contributed by atoms with E-state index in [0.717, 1.165) is 61.4 Å². The van der Waals surface area contributed by atoms with E-state index in [1.165, 1.54) is 18.6 Å². The molecule has 1 aromatic heterocycles. The van der Waals surface area contributed by atoms with Crippen LogP contribution in [0.25, 0.3) is 5.69 Å². The van der Waals surface area contributed by atoms with Gasteiger partial charge in [0.2, 0.25) is 0 Å². The normalized spacial score (nSPS) is 16.4. The van der Waals surface area contributed by atoms with Crippen LogP contribution in [0.5, 0.6) is 5.75 Å². The van der Waals surface area contributed by atoms with Gasteiger partial charge in [0.1, 0.15) is 35.0 Å². The van der Waals surface area contributed by atoms with Gasteiger partial charge in [-0.25, -0.2) is 13.6 Å². The molecule has 0 radical (unpaired) electrons. The van der Waals surface area contributed by atoms with Gasteiger partial charge in [-0.15, -0.1) is 5.10 Å². The number of amides is 1. The number of ether oxygens (including phenoxy) is 1. The maximum absolute atomic E-state index is 15.5. The van der Waals surface area contributed by atoms with Gasteiger partial charge in [-0.3, -0.25) is 9.36 Å². The molecule has 1 fully saturated rings. The summed E-state index contributed by atoms with van der Waals surface area (Å²) in [5, 5.41) is 16.3. The quantitative estimate of drug-likeness (QED) is 0.485. The highest BCUT2D eigenvalue weighted by Crippen LogP contribution is 2.32. The monoisotopic (exact) mass is 521 g/mol. The zero-order valence-electron chi connectivity index (χ0n) is 21.2. The second-order valence-electron chi connectivity index (χ2n) is 10.00. The first-order valence-corrected chi connectivity index (χ1v) is 13.1. The number of halogens is 2. The van der Waals surface area contributed by atoms with Crippen molar-refractivity contribution >= 4 is 11.6 Å². The minimum Gasteiger partial charge on any atom is -0.490 e. The van der Waals surface area contributed by atoms with Gasteiger partial charge in [0, 0.05) is 19.0 Å². The van der Waals surface area contributed by atoms with E-state index < -0.39 is 23.2 Å². The molecule has 1 amide bonds. The molecule has 2 heterocycles. The molecule has 1 aliphatic carbocycles. The summed E-state index contributed by atoms with van der Waals surface area (Å²) in [6.45, 7) is 2.45. The number of anilines is 1. The number of hydrogen-bond acceptors (Lipinski definition) is 5. The first-order valence-electron chi connectivity index (χ1n) is 13.1. The van der Waals surface area contributed by atoms with E-state index in [1.807, 2.05) is 13.0 Å². The first-order chi connectivity index (χ1) is 18.4.